The molecule has 2 aromatic carbocycles. The van der Waals surface area contributed by atoms with Crippen LogP contribution in [0.5, 0.6) is 0 Å². The van der Waals surface area contributed by atoms with Crippen LogP contribution in [-0.4, -0.2) is 52.4 Å². The second-order valence-electron chi connectivity index (χ2n) is 8.92. The molecule has 9 heteroatoms. The lowest BCUT2D eigenvalue weighted by atomic mass is 9.93. The molecule has 0 aliphatic carbocycles. The van der Waals surface area contributed by atoms with Gasteiger partial charge in [0.1, 0.15) is 5.54 Å². The maximum absolute atomic E-state index is 13.0. The number of hydrazine groups is 1. The zero-order chi connectivity index (χ0) is 24.1. The smallest absolute Gasteiger partial charge is 0.324 e. The Morgan fingerprint density at radius 1 is 1.00 bits per heavy atom. The summed E-state index contributed by atoms with van der Waals surface area (Å²) >= 11 is 0. The van der Waals surface area contributed by atoms with E-state index in [1.54, 1.807) is 11.8 Å². The third kappa shape index (κ3) is 5.19. The second kappa shape index (κ2) is 9.94. The van der Waals surface area contributed by atoms with Crippen molar-refractivity contribution in [2.75, 3.05) is 18.4 Å². The number of benzene rings is 2. The van der Waals surface area contributed by atoms with E-state index in [1.165, 1.54) is 0 Å². The van der Waals surface area contributed by atoms with Gasteiger partial charge in [0.05, 0.1) is 0 Å². The largest absolute Gasteiger partial charge is 0.344 e. The van der Waals surface area contributed by atoms with Crippen molar-refractivity contribution in [3.8, 4) is 0 Å². The topological polar surface area (TPSA) is 111 Å². The molecule has 0 spiro atoms. The van der Waals surface area contributed by atoms with Gasteiger partial charge in [-0.2, -0.15) is 5.01 Å². The summed E-state index contributed by atoms with van der Waals surface area (Å²) < 4.78 is 0. The number of likely N-dealkylation sites (tertiary alicyclic amines) is 1. The normalized spacial score (nSPS) is 20.7. The highest BCUT2D eigenvalue weighted by molar-refractivity contribution is 6.07. The van der Waals surface area contributed by atoms with E-state index in [-0.39, 0.29) is 11.9 Å². The summed E-state index contributed by atoms with van der Waals surface area (Å²) in [7, 11) is 0. The molecule has 0 bridgehead atoms. The van der Waals surface area contributed by atoms with E-state index in [0.717, 1.165) is 10.6 Å². The molecule has 2 aromatic rings. The van der Waals surface area contributed by atoms with E-state index in [9.17, 15) is 19.2 Å². The van der Waals surface area contributed by atoms with Crippen molar-refractivity contribution < 1.29 is 19.2 Å². The van der Waals surface area contributed by atoms with Gasteiger partial charge in [0.2, 0.25) is 5.91 Å². The van der Waals surface area contributed by atoms with Crippen molar-refractivity contribution in [1.82, 2.24) is 20.7 Å². The number of nitrogens with zero attached hydrogens (tertiary/aromatic N) is 2. The zero-order valence-electron chi connectivity index (χ0n) is 19.1. The Hall–Kier alpha value is -3.88. The fourth-order valence-electron chi connectivity index (χ4n) is 4.26. The molecule has 1 unspecified atom stereocenters. The maximum atomic E-state index is 13.0. The van der Waals surface area contributed by atoms with Crippen molar-refractivity contribution in [1.29, 1.82) is 0 Å². The van der Waals surface area contributed by atoms with Crippen molar-refractivity contribution in [2.24, 2.45) is 5.92 Å². The molecule has 2 heterocycles. The summed E-state index contributed by atoms with van der Waals surface area (Å²) in [5.41, 5.74) is 3.19. The first kappa shape index (κ1) is 23.3. The first-order chi connectivity index (χ1) is 16.4. The number of hydrogen-bond acceptors (Lipinski definition) is 4. The van der Waals surface area contributed by atoms with Gasteiger partial charge < -0.3 is 15.5 Å². The lowest BCUT2D eigenvalue weighted by Gasteiger charge is -2.32. The zero-order valence-corrected chi connectivity index (χ0v) is 19.1. The molecule has 0 saturated carbocycles. The van der Waals surface area contributed by atoms with Crippen LogP contribution in [0.2, 0.25) is 0 Å². The average Bonchev–Trinajstić information content (AvgIpc) is 3.07. The van der Waals surface area contributed by atoms with Crippen LogP contribution in [0.4, 0.5) is 15.3 Å². The molecular formula is C25H29N5O4. The molecular weight excluding hydrogens is 434 g/mol. The minimum atomic E-state index is -1.08. The van der Waals surface area contributed by atoms with Crippen LogP contribution in [0.3, 0.4) is 0 Å². The van der Waals surface area contributed by atoms with Crippen molar-refractivity contribution in [3.05, 3.63) is 66.2 Å². The van der Waals surface area contributed by atoms with E-state index >= 15 is 0 Å². The van der Waals surface area contributed by atoms with Gasteiger partial charge in [-0.1, -0.05) is 48.5 Å². The molecule has 2 aliphatic rings. The third-order valence-electron chi connectivity index (χ3n) is 6.42. The highest BCUT2D eigenvalue weighted by atomic mass is 16.2. The Balaban J connectivity index is 1.27. The highest BCUT2D eigenvalue weighted by Gasteiger charge is 2.48. The van der Waals surface area contributed by atoms with E-state index in [0.29, 0.717) is 44.5 Å². The first-order valence-corrected chi connectivity index (χ1v) is 11.5. The van der Waals surface area contributed by atoms with Gasteiger partial charge in [-0.05, 0) is 50.3 Å². The summed E-state index contributed by atoms with van der Waals surface area (Å²) in [5.74, 6) is -1.25. The first-order valence-electron chi connectivity index (χ1n) is 11.5. The van der Waals surface area contributed by atoms with E-state index in [4.69, 9.17) is 0 Å². The van der Waals surface area contributed by atoms with Gasteiger partial charge in [0, 0.05) is 24.7 Å². The van der Waals surface area contributed by atoms with Crippen molar-refractivity contribution in [3.63, 3.8) is 0 Å². The Morgan fingerprint density at radius 3 is 2.26 bits per heavy atom. The van der Waals surface area contributed by atoms with Gasteiger partial charge in [0.25, 0.3) is 5.91 Å². The molecule has 3 N–H and O–H groups in total. The Labute approximate surface area is 198 Å². The van der Waals surface area contributed by atoms with Gasteiger partial charge in [-0.15, -0.1) is 0 Å². The Bertz CT molecular complexity index is 1050. The van der Waals surface area contributed by atoms with Crippen LogP contribution in [0, 0.1) is 5.92 Å². The molecule has 1 atom stereocenters. The number of aryl methyl sites for hydroxylation is 1. The number of rotatable bonds is 6. The predicted molar refractivity (Wildman–Crippen MR) is 126 cm³/mol. The second-order valence-corrected chi connectivity index (χ2v) is 8.92. The van der Waals surface area contributed by atoms with Crippen molar-refractivity contribution >= 4 is 29.6 Å². The number of urea groups is 2. The van der Waals surface area contributed by atoms with E-state index in [2.05, 4.69) is 16.1 Å². The monoisotopic (exact) mass is 463 g/mol. The van der Waals surface area contributed by atoms with Crippen LogP contribution in [0.25, 0.3) is 0 Å². The molecule has 6 amide bonds. The van der Waals surface area contributed by atoms with Crippen LogP contribution < -0.4 is 16.1 Å². The Morgan fingerprint density at radius 2 is 1.62 bits per heavy atom. The fraction of sp³-hybridized carbons (Fsp3) is 0.360. The van der Waals surface area contributed by atoms with Gasteiger partial charge in [-0.3, -0.25) is 15.0 Å². The van der Waals surface area contributed by atoms with Crippen LogP contribution in [0.15, 0.2) is 60.7 Å². The van der Waals surface area contributed by atoms with E-state index < -0.39 is 23.4 Å². The molecule has 34 heavy (non-hydrogen) atoms. The maximum Gasteiger partial charge on any atom is 0.344 e. The molecule has 4 rings (SSSR count). The number of anilines is 1. The standard InChI is InChI=1S/C25H29N5O4/c1-25(15-12-18-8-4-2-5-9-18)22(32)30(24(34)27-25)28-21(31)19-13-16-29(17-14-19)23(33)26-20-10-6-3-7-11-20/h2-11,19H,12-17H2,1H3,(H,26,33)(H,27,34)(H,28,31). The molecule has 9 nitrogen and oxygen atoms in total. The summed E-state index contributed by atoms with van der Waals surface area (Å²) in [6.45, 7) is 2.49. The molecule has 2 saturated heterocycles. The summed E-state index contributed by atoms with van der Waals surface area (Å²) in [5, 5.41) is 6.35. The molecule has 2 fully saturated rings. The number of hydrogen-bond donors (Lipinski definition) is 3. The van der Waals surface area contributed by atoms with Gasteiger partial charge in [-0.25, -0.2) is 9.59 Å². The number of amides is 6. The quantitative estimate of drug-likeness (QED) is 0.572. The summed E-state index contributed by atoms with van der Waals surface area (Å²) in [6.07, 6.45) is 1.93. The van der Waals surface area contributed by atoms with E-state index in [1.807, 2.05) is 60.7 Å². The lowest BCUT2D eigenvalue weighted by Crippen LogP contribution is -2.52. The molecule has 0 radical (unpaired) electrons. The van der Waals surface area contributed by atoms with Crippen molar-refractivity contribution in [2.45, 2.75) is 38.1 Å². The number of carbonyl (C=O) groups excluding carboxylic acids is 4. The number of imide groups is 1. The highest BCUT2D eigenvalue weighted by Crippen LogP contribution is 2.24. The number of nitrogens with one attached hydrogen (secondary N) is 3. The van der Waals surface area contributed by atoms with Crippen LogP contribution in [-0.2, 0) is 16.0 Å². The van der Waals surface area contributed by atoms with Gasteiger partial charge >= 0.3 is 12.1 Å². The lowest BCUT2D eigenvalue weighted by molar-refractivity contribution is -0.141. The number of para-hydroxylation sites is 1. The Kier molecular flexibility index (Phi) is 6.81. The molecule has 178 valence electrons. The minimum Gasteiger partial charge on any atom is -0.324 e. The summed E-state index contributed by atoms with van der Waals surface area (Å²) in [6, 6.07) is 18.0. The number of piperidine rings is 1. The fourth-order valence-corrected chi connectivity index (χ4v) is 4.26. The minimum absolute atomic E-state index is 0.215. The van der Waals surface area contributed by atoms with Crippen LogP contribution >= 0.6 is 0 Å². The van der Waals surface area contributed by atoms with Gasteiger partial charge in [0.15, 0.2) is 0 Å². The number of carbonyl (C=O) groups is 4. The third-order valence-corrected chi connectivity index (χ3v) is 6.42. The SMILES string of the molecule is CC1(CCc2ccccc2)NC(=O)N(NC(=O)C2CCN(C(=O)Nc3ccccc3)CC2)C1=O. The summed E-state index contributed by atoms with van der Waals surface area (Å²) in [4.78, 5) is 52.3. The average molecular weight is 464 g/mol. The van der Waals surface area contributed by atoms with Crippen LogP contribution in [0.1, 0.15) is 31.7 Å². The predicted octanol–water partition coefficient (Wildman–Crippen LogP) is 2.91. The molecule has 2 aliphatic heterocycles. The molecule has 0 aromatic heterocycles.